The molecule has 20 heavy (non-hydrogen) atoms. The van der Waals surface area contributed by atoms with Gasteiger partial charge in [-0.3, -0.25) is 14.4 Å². The van der Waals surface area contributed by atoms with Gasteiger partial charge in [-0.05, 0) is 19.4 Å². The molecule has 2 aliphatic rings. The van der Waals surface area contributed by atoms with Crippen molar-refractivity contribution in [2.24, 2.45) is 0 Å². The Morgan fingerprint density at radius 3 is 2.70 bits per heavy atom. The van der Waals surface area contributed by atoms with E-state index in [9.17, 15) is 19.5 Å². The third-order valence-electron chi connectivity index (χ3n) is 3.64. The molecule has 0 radical (unpaired) electrons. The molecule has 8 nitrogen and oxygen atoms in total. The average Bonchev–Trinajstić information content (AvgIpc) is 3.04. The molecule has 0 unspecified atom stereocenters. The van der Waals surface area contributed by atoms with Crippen molar-refractivity contribution in [3.63, 3.8) is 0 Å². The minimum absolute atomic E-state index is 0.113. The summed E-state index contributed by atoms with van der Waals surface area (Å²) in [7, 11) is 0. The average molecular weight is 285 g/mol. The predicted molar refractivity (Wildman–Crippen MR) is 67.8 cm³/mol. The van der Waals surface area contributed by atoms with Crippen molar-refractivity contribution >= 4 is 17.8 Å². The van der Waals surface area contributed by atoms with E-state index in [4.69, 9.17) is 5.11 Å². The molecule has 2 amide bonds. The largest absolute Gasteiger partial charge is 0.480 e. The summed E-state index contributed by atoms with van der Waals surface area (Å²) in [6.45, 7) is 0.389. The number of nitrogens with zero attached hydrogens (tertiary/aromatic N) is 1. The van der Waals surface area contributed by atoms with Gasteiger partial charge in [0.25, 0.3) is 0 Å². The molecule has 2 saturated heterocycles. The van der Waals surface area contributed by atoms with Crippen LogP contribution in [0.5, 0.6) is 0 Å². The maximum absolute atomic E-state index is 12.3. The molecule has 0 aromatic carbocycles. The van der Waals surface area contributed by atoms with Crippen LogP contribution in [0.25, 0.3) is 0 Å². The third kappa shape index (κ3) is 3.26. The minimum Gasteiger partial charge on any atom is -0.480 e. The lowest BCUT2D eigenvalue weighted by Gasteiger charge is -2.26. The molecule has 2 rings (SSSR count). The van der Waals surface area contributed by atoms with E-state index in [1.807, 2.05) is 0 Å². The maximum atomic E-state index is 12.3. The van der Waals surface area contributed by atoms with Crippen LogP contribution in [0, 0.1) is 0 Å². The minimum atomic E-state index is -1.15. The molecule has 0 spiro atoms. The zero-order valence-electron chi connectivity index (χ0n) is 11.0. The number of aliphatic carboxylic acids is 1. The number of β-amino-alcohol motifs (C(OH)–C–C–N with tert-alkyl or cyclic N) is 1. The number of likely N-dealkylation sites (tertiary alicyclic amines) is 1. The molecular formula is C12H19N3O5. The zero-order chi connectivity index (χ0) is 14.7. The SMILES string of the molecule is O=C(O)CNC(=O)[C@@H]1C[C@@H](O)CN1C(=O)[C@@H]1CCCN1. The van der Waals surface area contributed by atoms with E-state index >= 15 is 0 Å². The predicted octanol–water partition coefficient (Wildman–Crippen LogP) is -2.10. The molecule has 0 aromatic rings. The Hall–Kier alpha value is -1.67. The number of carboxylic acids is 1. The summed E-state index contributed by atoms with van der Waals surface area (Å²) in [5.41, 5.74) is 0. The van der Waals surface area contributed by atoms with Gasteiger partial charge in [0.15, 0.2) is 0 Å². The Morgan fingerprint density at radius 1 is 1.35 bits per heavy atom. The fourth-order valence-electron chi connectivity index (χ4n) is 2.68. The van der Waals surface area contributed by atoms with Crippen LogP contribution in [0.4, 0.5) is 0 Å². The number of carbonyl (C=O) groups excluding carboxylic acids is 2. The standard InChI is InChI=1S/C12H19N3O5/c16-7-4-9(11(19)14-5-10(17)18)15(6-7)12(20)8-2-1-3-13-8/h7-9,13,16H,1-6H2,(H,14,19)(H,17,18)/t7-,8+,9+/m1/s1. The topological polar surface area (TPSA) is 119 Å². The molecule has 0 aromatic heterocycles. The lowest BCUT2D eigenvalue weighted by Crippen LogP contribution is -2.51. The van der Waals surface area contributed by atoms with Crippen LogP contribution in [0.3, 0.4) is 0 Å². The summed E-state index contributed by atoms with van der Waals surface area (Å²) in [6.07, 6.45) is 1.02. The Morgan fingerprint density at radius 2 is 2.10 bits per heavy atom. The van der Waals surface area contributed by atoms with Gasteiger partial charge < -0.3 is 25.7 Å². The zero-order valence-corrected chi connectivity index (χ0v) is 11.0. The van der Waals surface area contributed by atoms with Crippen LogP contribution in [0.1, 0.15) is 19.3 Å². The Balaban J connectivity index is 2.00. The van der Waals surface area contributed by atoms with Crippen molar-refractivity contribution in [3.8, 4) is 0 Å². The quantitative estimate of drug-likeness (QED) is 0.470. The van der Waals surface area contributed by atoms with Gasteiger partial charge in [0.05, 0.1) is 12.1 Å². The van der Waals surface area contributed by atoms with Gasteiger partial charge in [-0.2, -0.15) is 0 Å². The first-order valence-corrected chi connectivity index (χ1v) is 6.70. The van der Waals surface area contributed by atoms with Crippen LogP contribution < -0.4 is 10.6 Å². The van der Waals surface area contributed by atoms with Crippen molar-refractivity contribution in [2.45, 2.75) is 37.5 Å². The molecule has 0 aliphatic carbocycles. The van der Waals surface area contributed by atoms with E-state index in [0.717, 1.165) is 19.4 Å². The second kappa shape index (κ2) is 6.19. The Kier molecular flexibility index (Phi) is 4.56. The van der Waals surface area contributed by atoms with Crippen LogP contribution >= 0.6 is 0 Å². The van der Waals surface area contributed by atoms with Crippen LogP contribution in [0.2, 0.25) is 0 Å². The molecule has 2 fully saturated rings. The van der Waals surface area contributed by atoms with E-state index in [1.54, 1.807) is 0 Å². The van der Waals surface area contributed by atoms with Gasteiger partial charge in [0, 0.05) is 13.0 Å². The van der Waals surface area contributed by atoms with Crippen molar-refractivity contribution in [1.29, 1.82) is 0 Å². The smallest absolute Gasteiger partial charge is 0.322 e. The molecule has 8 heteroatoms. The number of hydrogen-bond donors (Lipinski definition) is 4. The molecule has 0 bridgehead atoms. The third-order valence-corrected chi connectivity index (χ3v) is 3.64. The molecule has 3 atom stereocenters. The van der Waals surface area contributed by atoms with Crippen LogP contribution in [-0.2, 0) is 14.4 Å². The fraction of sp³-hybridized carbons (Fsp3) is 0.750. The maximum Gasteiger partial charge on any atom is 0.322 e. The Labute approximate surface area is 116 Å². The first-order valence-electron chi connectivity index (χ1n) is 6.70. The van der Waals surface area contributed by atoms with Gasteiger partial charge in [0.1, 0.15) is 12.6 Å². The second-order valence-corrected chi connectivity index (χ2v) is 5.16. The summed E-state index contributed by atoms with van der Waals surface area (Å²) in [4.78, 5) is 36.0. The van der Waals surface area contributed by atoms with Gasteiger partial charge in [-0.15, -0.1) is 0 Å². The molecule has 4 N–H and O–H groups in total. The highest BCUT2D eigenvalue weighted by Gasteiger charge is 2.41. The van der Waals surface area contributed by atoms with E-state index in [1.165, 1.54) is 4.90 Å². The number of amides is 2. The van der Waals surface area contributed by atoms with E-state index in [2.05, 4.69) is 10.6 Å². The first-order chi connectivity index (χ1) is 9.49. The van der Waals surface area contributed by atoms with Gasteiger partial charge in [0.2, 0.25) is 11.8 Å². The summed E-state index contributed by atoms with van der Waals surface area (Å²) >= 11 is 0. The number of nitrogens with one attached hydrogen (secondary N) is 2. The first kappa shape index (κ1) is 14.7. The van der Waals surface area contributed by atoms with Crippen LogP contribution in [0.15, 0.2) is 0 Å². The van der Waals surface area contributed by atoms with Crippen LogP contribution in [-0.4, -0.2) is 70.7 Å². The lowest BCUT2D eigenvalue weighted by molar-refractivity contribution is -0.141. The number of carbonyl (C=O) groups is 3. The summed E-state index contributed by atoms with van der Waals surface area (Å²) in [5, 5.41) is 23.5. The highest BCUT2D eigenvalue weighted by Crippen LogP contribution is 2.21. The molecule has 2 aliphatic heterocycles. The number of aliphatic hydroxyl groups excluding tert-OH is 1. The van der Waals surface area contributed by atoms with Crippen molar-refractivity contribution in [3.05, 3.63) is 0 Å². The fourth-order valence-corrected chi connectivity index (χ4v) is 2.68. The monoisotopic (exact) mass is 285 g/mol. The number of rotatable bonds is 4. The van der Waals surface area contributed by atoms with Crippen molar-refractivity contribution in [2.75, 3.05) is 19.6 Å². The van der Waals surface area contributed by atoms with Gasteiger partial charge >= 0.3 is 5.97 Å². The van der Waals surface area contributed by atoms with E-state index in [-0.39, 0.29) is 24.9 Å². The molecule has 112 valence electrons. The molecule has 0 saturated carbocycles. The highest BCUT2D eigenvalue weighted by atomic mass is 16.4. The normalized spacial score (nSPS) is 29.4. The number of carboxylic acid groups (broad SMARTS) is 1. The number of hydrogen-bond acceptors (Lipinski definition) is 5. The van der Waals surface area contributed by atoms with Gasteiger partial charge in [-0.25, -0.2) is 0 Å². The summed E-state index contributed by atoms with van der Waals surface area (Å²) in [5.74, 6) is -1.88. The Bertz CT molecular complexity index is 408. The highest BCUT2D eigenvalue weighted by molar-refractivity contribution is 5.91. The van der Waals surface area contributed by atoms with E-state index in [0.29, 0.717) is 0 Å². The second-order valence-electron chi connectivity index (χ2n) is 5.16. The van der Waals surface area contributed by atoms with Crippen molar-refractivity contribution < 1.29 is 24.6 Å². The summed E-state index contributed by atoms with van der Waals surface area (Å²) < 4.78 is 0. The summed E-state index contributed by atoms with van der Waals surface area (Å²) in [6, 6.07) is -1.10. The number of aliphatic hydroxyl groups is 1. The van der Waals surface area contributed by atoms with E-state index < -0.39 is 30.6 Å². The molecular weight excluding hydrogens is 266 g/mol. The van der Waals surface area contributed by atoms with Gasteiger partial charge in [-0.1, -0.05) is 0 Å². The molecule has 2 heterocycles. The van der Waals surface area contributed by atoms with Crippen molar-refractivity contribution in [1.82, 2.24) is 15.5 Å². The lowest BCUT2D eigenvalue weighted by atomic mass is 10.1.